The van der Waals surface area contributed by atoms with E-state index in [1.54, 1.807) is 25.5 Å². The highest BCUT2D eigenvalue weighted by Gasteiger charge is 2.08. The molecule has 0 radical (unpaired) electrons. The summed E-state index contributed by atoms with van der Waals surface area (Å²) in [6.07, 6.45) is 3.21. The van der Waals surface area contributed by atoms with Crippen LogP contribution in [0.3, 0.4) is 0 Å². The maximum absolute atomic E-state index is 5.54. The minimum atomic E-state index is 0.0997. The SMILES string of the molecule is C=CCOc1c(/C=N\NC(N)=S)cccc1OC. The Labute approximate surface area is 111 Å². The molecular formula is C12H15N3O2S. The molecule has 0 fully saturated rings. The van der Waals surface area contributed by atoms with Gasteiger partial charge in [0.1, 0.15) is 6.61 Å². The summed E-state index contributed by atoms with van der Waals surface area (Å²) in [5.74, 6) is 1.21. The van der Waals surface area contributed by atoms with Crippen LogP contribution in [0.2, 0.25) is 0 Å². The molecule has 0 bridgehead atoms. The van der Waals surface area contributed by atoms with E-state index in [9.17, 15) is 0 Å². The van der Waals surface area contributed by atoms with Crippen LogP contribution in [0.25, 0.3) is 0 Å². The normalized spacial score (nSPS) is 10.1. The topological polar surface area (TPSA) is 68.9 Å². The van der Waals surface area contributed by atoms with Crippen molar-refractivity contribution < 1.29 is 9.47 Å². The van der Waals surface area contributed by atoms with Gasteiger partial charge in [0.05, 0.1) is 13.3 Å². The van der Waals surface area contributed by atoms with E-state index in [2.05, 4.69) is 29.3 Å². The Morgan fingerprint density at radius 1 is 1.61 bits per heavy atom. The maximum atomic E-state index is 5.54. The van der Waals surface area contributed by atoms with Gasteiger partial charge in [-0.3, -0.25) is 5.43 Å². The van der Waals surface area contributed by atoms with Gasteiger partial charge in [-0.05, 0) is 24.4 Å². The summed E-state index contributed by atoms with van der Waals surface area (Å²) in [6, 6.07) is 5.48. The van der Waals surface area contributed by atoms with Gasteiger partial charge in [0.25, 0.3) is 0 Å². The van der Waals surface area contributed by atoms with Crippen molar-refractivity contribution in [3.05, 3.63) is 36.4 Å². The molecule has 1 aromatic carbocycles. The molecule has 6 heteroatoms. The molecule has 1 aromatic rings. The predicted molar refractivity (Wildman–Crippen MR) is 76.2 cm³/mol. The lowest BCUT2D eigenvalue weighted by atomic mass is 10.2. The summed E-state index contributed by atoms with van der Waals surface area (Å²) in [5, 5.41) is 3.98. The van der Waals surface area contributed by atoms with Crippen molar-refractivity contribution in [1.29, 1.82) is 0 Å². The van der Waals surface area contributed by atoms with Gasteiger partial charge in [-0.1, -0.05) is 18.7 Å². The second-order valence-corrected chi connectivity index (χ2v) is 3.65. The molecule has 0 atom stereocenters. The fourth-order valence-corrected chi connectivity index (χ4v) is 1.31. The van der Waals surface area contributed by atoms with Crippen LogP contribution in [-0.4, -0.2) is 25.0 Å². The minimum Gasteiger partial charge on any atom is -0.493 e. The Morgan fingerprint density at radius 3 is 3.00 bits per heavy atom. The molecule has 18 heavy (non-hydrogen) atoms. The van der Waals surface area contributed by atoms with E-state index in [0.717, 1.165) is 5.56 Å². The second-order valence-electron chi connectivity index (χ2n) is 3.21. The minimum absolute atomic E-state index is 0.0997. The summed E-state index contributed by atoms with van der Waals surface area (Å²) < 4.78 is 10.8. The van der Waals surface area contributed by atoms with Gasteiger partial charge in [-0.2, -0.15) is 5.10 Å². The summed E-state index contributed by atoms with van der Waals surface area (Å²) in [4.78, 5) is 0. The Hall–Kier alpha value is -2.08. The highest BCUT2D eigenvalue weighted by Crippen LogP contribution is 2.29. The lowest BCUT2D eigenvalue weighted by molar-refractivity contribution is 0.326. The number of hydrogen-bond acceptors (Lipinski definition) is 4. The number of rotatable bonds is 6. The quantitative estimate of drug-likeness (QED) is 0.352. The predicted octanol–water partition coefficient (Wildman–Crippen LogP) is 1.43. The molecule has 96 valence electrons. The van der Waals surface area contributed by atoms with Crippen LogP contribution in [0, 0.1) is 0 Å². The van der Waals surface area contributed by atoms with Gasteiger partial charge in [0, 0.05) is 5.56 Å². The van der Waals surface area contributed by atoms with Crippen LogP contribution in [0.15, 0.2) is 36.0 Å². The number of nitrogens with one attached hydrogen (secondary N) is 1. The zero-order chi connectivity index (χ0) is 13.4. The fraction of sp³-hybridized carbons (Fsp3) is 0.167. The molecular weight excluding hydrogens is 250 g/mol. The molecule has 0 amide bonds. The van der Waals surface area contributed by atoms with E-state index in [1.807, 2.05) is 12.1 Å². The van der Waals surface area contributed by atoms with E-state index >= 15 is 0 Å². The average molecular weight is 265 g/mol. The zero-order valence-electron chi connectivity index (χ0n) is 10.1. The lowest BCUT2D eigenvalue weighted by Crippen LogP contribution is -2.24. The van der Waals surface area contributed by atoms with Crippen molar-refractivity contribution in [3.63, 3.8) is 0 Å². The Kier molecular flexibility index (Phi) is 5.66. The van der Waals surface area contributed by atoms with E-state index < -0.39 is 0 Å². The molecule has 1 rings (SSSR count). The summed E-state index contributed by atoms with van der Waals surface area (Å²) in [6.45, 7) is 3.98. The van der Waals surface area contributed by atoms with Gasteiger partial charge in [-0.25, -0.2) is 0 Å². The number of thiocarbonyl (C=S) groups is 1. The number of para-hydroxylation sites is 1. The Bertz CT molecular complexity index is 461. The molecule has 0 aromatic heterocycles. The number of nitrogens with zero attached hydrogens (tertiary/aromatic N) is 1. The number of benzene rings is 1. The van der Waals surface area contributed by atoms with E-state index in [0.29, 0.717) is 18.1 Å². The first kappa shape index (κ1) is 14.0. The van der Waals surface area contributed by atoms with Crippen molar-refractivity contribution in [2.24, 2.45) is 10.8 Å². The van der Waals surface area contributed by atoms with Crippen molar-refractivity contribution in [2.45, 2.75) is 0 Å². The molecule has 3 N–H and O–H groups in total. The third-order valence-corrected chi connectivity index (χ3v) is 2.04. The van der Waals surface area contributed by atoms with Crippen LogP contribution >= 0.6 is 12.2 Å². The highest BCUT2D eigenvalue weighted by molar-refractivity contribution is 7.80. The molecule has 0 aliphatic carbocycles. The molecule has 5 nitrogen and oxygen atoms in total. The smallest absolute Gasteiger partial charge is 0.184 e. The first-order valence-corrected chi connectivity index (χ1v) is 5.59. The molecule has 0 saturated carbocycles. The lowest BCUT2D eigenvalue weighted by Gasteiger charge is -2.11. The van der Waals surface area contributed by atoms with E-state index in [-0.39, 0.29) is 5.11 Å². The number of hydrogen-bond donors (Lipinski definition) is 2. The van der Waals surface area contributed by atoms with Crippen LogP contribution in [0.5, 0.6) is 11.5 Å². The van der Waals surface area contributed by atoms with Gasteiger partial charge in [-0.15, -0.1) is 0 Å². The van der Waals surface area contributed by atoms with E-state index in [1.165, 1.54) is 0 Å². The largest absolute Gasteiger partial charge is 0.493 e. The molecule has 0 heterocycles. The first-order chi connectivity index (χ1) is 8.69. The van der Waals surface area contributed by atoms with Gasteiger partial charge in [0.2, 0.25) is 0 Å². The van der Waals surface area contributed by atoms with Crippen molar-refractivity contribution in [2.75, 3.05) is 13.7 Å². The number of methoxy groups -OCH3 is 1. The number of hydrazone groups is 1. The van der Waals surface area contributed by atoms with Crippen molar-refractivity contribution in [1.82, 2.24) is 5.43 Å². The summed E-state index contributed by atoms with van der Waals surface area (Å²) in [7, 11) is 1.57. The monoisotopic (exact) mass is 265 g/mol. The molecule has 0 spiro atoms. The molecule has 0 aliphatic rings. The summed E-state index contributed by atoms with van der Waals surface area (Å²) in [5.41, 5.74) is 8.50. The van der Waals surface area contributed by atoms with Crippen molar-refractivity contribution >= 4 is 23.5 Å². The third kappa shape index (κ3) is 4.06. The Morgan fingerprint density at radius 2 is 2.39 bits per heavy atom. The first-order valence-electron chi connectivity index (χ1n) is 5.18. The number of ether oxygens (including phenoxy) is 2. The number of nitrogens with two attached hydrogens (primary N) is 1. The third-order valence-electron chi connectivity index (χ3n) is 1.95. The van der Waals surface area contributed by atoms with Gasteiger partial charge in [0.15, 0.2) is 16.6 Å². The molecule has 0 saturated heterocycles. The fourth-order valence-electron chi connectivity index (χ4n) is 1.26. The van der Waals surface area contributed by atoms with Crippen LogP contribution in [0.4, 0.5) is 0 Å². The standard InChI is InChI=1S/C12H15N3O2S/c1-3-7-17-11-9(8-14-15-12(13)18)5-4-6-10(11)16-2/h3-6,8H,1,7H2,2H3,(H3,13,15,18)/b14-8-. The van der Waals surface area contributed by atoms with Gasteiger partial charge >= 0.3 is 0 Å². The Balaban J connectivity index is 2.97. The van der Waals surface area contributed by atoms with E-state index in [4.69, 9.17) is 15.2 Å². The van der Waals surface area contributed by atoms with Gasteiger partial charge < -0.3 is 15.2 Å². The molecule has 0 aliphatic heterocycles. The highest BCUT2D eigenvalue weighted by atomic mass is 32.1. The second kappa shape index (κ2) is 7.29. The summed E-state index contributed by atoms with van der Waals surface area (Å²) >= 11 is 4.65. The molecule has 0 unspecified atom stereocenters. The van der Waals surface area contributed by atoms with Crippen LogP contribution in [0.1, 0.15) is 5.56 Å². The van der Waals surface area contributed by atoms with Crippen LogP contribution < -0.4 is 20.6 Å². The van der Waals surface area contributed by atoms with Crippen molar-refractivity contribution in [3.8, 4) is 11.5 Å². The average Bonchev–Trinajstić information content (AvgIpc) is 2.36. The zero-order valence-corrected chi connectivity index (χ0v) is 10.9. The van der Waals surface area contributed by atoms with Crippen LogP contribution in [-0.2, 0) is 0 Å². The maximum Gasteiger partial charge on any atom is 0.184 e.